The van der Waals surface area contributed by atoms with E-state index < -0.39 is 16.1 Å². The van der Waals surface area contributed by atoms with Gasteiger partial charge >= 0.3 is 0 Å². The summed E-state index contributed by atoms with van der Waals surface area (Å²) in [7, 11) is -3.63. The molecule has 2 amide bonds. The number of hydrogen-bond acceptors (Lipinski definition) is 4. The highest BCUT2D eigenvalue weighted by atomic mass is 79.9. The van der Waals surface area contributed by atoms with Gasteiger partial charge in [-0.2, -0.15) is 0 Å². The van der Waals surface area contributed by atoms with Crippen molar-refractivity contribution in [2.24, 2.45) is 0 Å². The first-order valence-corrected chi connectivity index (χ1v) is 16.1. The molecule has 0 heterocycles. The fraction of sp³-hybridized carbons (Fsp3) is 0.333. The Morgan fingerprint density at radius 3 is 2.35 bits per heavy atom. The van der Waals surface area contributed by atoms with E-state index >= 15 is 0 Å². The third kappa shape index (κ3) is 9.08. The Morgan fingerprint density at radius 2 is 1.70 bits per heavy atom. The van der Waals surface area contributed by atoms with Crippen LogP contribution in [0.1, 0.15) is 36.5 Å². The predicted octanol–water partition coefficient (Wildman–Crippen LogP) is 5.73. The van der Waals surface area contributed by atoms with Crippen LogP contribution in [0.5, 0.6) is 0 Å². The molecule has 0 aliphatic heterocycles. The molecule has 1 unspecified atom stereocenters. The molecule has 0 fully saturated rings. The summed E-state index contributed by atoms with van der Waals surface area (Å²) in [5, 5.41) is 3.31. The Hall–Kier alpha value is -2.88. The Morgan fingerprint density at radius 1 is 1.00 bits per heavy atom. The Bertz CT molecular complexity index is 1420. The van der Waals surface area contributed by atoms with Crippen molar-refractivity contribution < 1.29 is 18.0 Å². The lowest BCUT2D eigenvalue weighted by Gasteiger charge is -2.32. The van der Waals surface area contributed by atoms with Crippen LogP contribution in [0.4, 0.5) is 5.69 Å². The van der Waals surface area contributed by atoms with Crippen LogP contribution in [0, 0.1) is 6.92 Å². The second-order valence-electron chi connectivity index (χ2n) is 9.62. The van der Waals surface area contributed by atoms with Crippen LogP contribution in [0.25, 0.3) is 0 Å². The van der Waals surface area contributed by atoms with E-state index in [9.17, 15) is 18.0 Å². The maximum absolute atomic E-state index is 13.8. The highest BCUT2D eigenvalue weighted by Crippen LogP contribution is 2.27. The molecule has 0 spiro atoms. The zero-order chi connectivity index (χ0) is 29.3. The van der Waals surface area contributed by atoms with E-state index in [0.717, 1.165) is 27.4 Å². The summed E-state index contributed by atoms with van der Waals surface area (Å²) >= 11 is 9.65. The molecule has 7 nitrogen and oxygen atoms in total. The first-order valence-electron chi connectivity index (χ1n) is 13.1. The normalized spacial score (nSPS) is 12.0. The monoisotopic (exact) mass is 647 g/mol. The summed E-state index contributed by atoms with van der Waals surface area (Å²) in [4.78, 5) is 28.7. The number of carbonyl (C=O) groups is 2. The van der Waals surface area contributed by atoms with Crippen LogP contribution in [-0.2, 0) is 32.6 Å². The smallest absolute Gasteiger partial charge is 0.243 e. The predicted molar refractivity (Wildman–Crippen MR) is 165 cm³/mol. The molecule has 3 aromatic rings. The second kappa shape index (κ2) is 14.7. The van der Waals surface area contributed by atoms with Gasteiger partial charge in [0.15, 0.2) is 0 Å². The highest BCUT2D eigenvalue weighted by molar-refractivity contribution is 9.10. The average Bonchev–Trinajstić information content (AvgIpc) is 2.90. The van der Waals surface area contributed by atoms with Gasteiger partial charge in [-0.1, -0.05) is 76.1 Å². The Labute approximate surface area is 250 Å². The number of nitrogens with one attached hydrogen (secondary N) is 1. The maximum atomic E-state index is 13.8. The van der Waals surface area contributed by atoms with Gasteiger partial charge in [0.05, 0.1) is 11.9 Å². The van der Waals surface area contributed by atoms with E-state index in [1.165, 1.54) is 4.31 Å². The molecular formula is C30H35BrClN3O4S. The molecule has 0 bridgehead atoms. The maximum Gasteiger partial charge on any atom is 0.243 e. The minimum Gasteiger partial charge on any atom is -0.355 e. The van der Waals surface area contributed by atoms with Crippen LogP contribution in [0.15, 0.2) is 77.3 Å². The van der Waals surface area contributed by atoms with Crippen molar-refractivity contribution >= 4 is 55.1 Å². The number of rotatable bonds is 13. The number of benzene rings is 3. The van der Waals surface area contributed by atoms with Gasteiger partial charge in [0.1, 0.15) is 6.04 Å². The van der Waals surface area contributed by atoms with Crippen molar-refractivity contribution in [2.45, 2.75) is 45.7 Å². The zero-order valence-electron chi connectivity index (χ0n) is 22.9. The molecule has 40 heavy (non-hydrogen) atoms. The average molecular weight is 649 g/mol. The molecule has 1 atom stereocenters. The molecule has 3 rings (SSSR count). The summed E-state index contributed by atoms with van der Waals surface area (Å²) in [6.07, 6.45) is 1.81. The van der Waals surface area contributed by atoms with Gasteiger partial charge in [0.25, 0.3) is 0 Å². The summed E-state index contributed by atoms with van der Waals surface area (Å²) in [5.74, 6) is -0.467. The minimum atomic E-state index is -3.63. The van der Waals surface area contributed by atoms with Crippen molar-refractivity contribution in [2.75, 3.05) is 23.7 Å². The number of likely N-dealkylation sites (N-methyl/N-ethyl adjacent to an activating group) is 1. The molecular weight excluding hydrogens is 614 g/mol. The topological polar surface area (TPSA) is 86.8 Å². The summed E-state index contributed by atoms with van der Waals surface area (Å²) in [6, 6.07) is 21.6. The molecule has 3 aromatic carbocycles. The molecule has 0 aliphatic rings. The van der Waals surface area contributed by atoms with E-state index in [4.69, 9.17) is 11.6 Å². The molecule has 0 saturated heterocycles. The fourth-order valence-electron chi connectivity index (χ4n) is 4.51. The Balaban J connectivity index is 1.88. The van der Waals surface area contributed by atoms with Crippen LogP contribution in [0.3, 0.4) is 0 Å². The molecule has 0 saturated carbocycles. The van der Waals surface area contributed by atoms with Crippen molar-refractivity contribution in [3.63, 3.8) is 0 Å². The zero-order valence-corrected chi connectivity index (χ0v) is 26.1. The van der Waals surface area contributed by atoms with Gasteiger partial charge in [-0.3, -0.25) is 13.9 Å². The first kappa shape index (κ1) is 31.6. The van der Waals surface area contributed by atoms with E-state index in [2.05, 4.69) is 21.2 Å². The molecule has 0 aliphatic carbocycles. The molecule has 0 aromatic heterocycles. The lowest BCUT2D eigenvalue weighted by atomic mass is 10.0. The number of amides is 2. The first-order chi connectivity index (χ1) is 19.0. The number of halogens is 2. The van der Waals surface area contributed by atoms with Gasteiger partial charge < -0.3 is 10.2 Å². The highest BCUT2D eigenvalue weighted by Gasteiger charge is 2.30. The van der Waals surface area contributed by atoms with Crippen LogP contribution < -0.4 is 9.62 Å². The molecule has 0 radical (unpaired) electrons. The number of sulfonamides is 1. The van der Waals surface area contributed by atoms with Crippen LogP contribution >= 0.6 is 27.5 Å². The van der Waals surface area contributed by atoms with Gasteiger partial charge in [0.2, 0.25) is 21.8 Å². The van der Waals surface area contributed by atoms with E-state index in [-0.39, 0.29) is 37.7 Å². The lowest BCUT2D eigenvalue weighted by Crippen LogP contribution is -2.50. The van der Waals surface area contributed by atoms with Crippen LogP contribution in [-0.4, -0.2) is 50.5 Å². The van der Waals surface area contributed by atoms with Gasteiger partial charge in [-0.05, 0) is 61.2 Å². The third-order valence-electron chi connectivity index (χ3n) is 6.46. The number of nitrogens with zero attached hydrogens (tertiary/aromatic N) is 2. The fourth-order valence-corrected chi connectivity index (χ4v) is 6.14. The van der Waals surface area contributed by atoms with Crippen molar-refractivity contribution in [1.29, 1.82) is 0 Å². The third-order valence-corrected chi connectivity index (χ3v) is 8.36. The Kier molecular flexibility index (Phi) is 11.6. The molecule has 214 valence electrons. The van der Waals surface area contributed by atoms with Crippen molar-refractivity contribution in [3.8, 4) is 0 Å². The van der Waals surface area contributed by atoms with E-state index in [1.54, 1.807) is 23.1 Å². The second-order valence-corrected chi connectivity index (χ2v) is 12.9. The minimum absolute atomic E-state index is 0.0599. The van der Waals surface area contributed by atoms with Crippen molar-refractivity contribution in [1.82, 2.24) is 10.2 Å². The SMILES string of the molecule is CCNC(=O)C(Cc1ccccc1)N(Cc1cccc(Br)c1)C(=O)CCCN(c1cc(Cl)ccc1C)S(C)(=O)=O. The lowest BCUT2D eigenvalue weighted by molar-refractivity contribution is -0.141. The largest absolute Gasteiger partial charge is 0.355 e. The summed E-state index contributed by atoms with van der Waals surface area (Å²) < 4.78 is 27.5. The quantitative estimate of drug-likeness (QED) is 0.256. The van der Waals surface area contributed by atoms with Gasteiger partial charge in [-0.25, -0.2) is 8.42 Å². The van der Waals surface area contributed by atoms with Crippen molar-refractivity contribution in [3.05, 3.63) is 99.0 Å². The summed E-state index contributed by atoms with van der Waals surface area (Å²) in [5.41, 5.74) is 3.05. The van der Waals surface area contributed by atoms with Crippen LogP contribution in [0.2, 0.25) is 5.02 Å². The summed E-state index contributed by atoms with van der Waals surface area (Å²) in [6.45, 7) is 4.42. The van der Waals surface area contributed by atoms with E-state index in [0.29, 0.717) is 23.7 Å². The number of hydrogen-bond donors (Lipinski definition) is 1. The number of aryl methyl sites for hydroxylation is 1. The van der Waals surface area contributed by atoms with Gasteiger partial charge in [0, 0.05) is 42.0 Å². The molecule has 1 N–H and O–H groups in total. The molecule has 10 heteroatoms. The number of anilines is 1. The standard InChI is InChI=1S/C30H35BrClN3O4S/c1-4-33-30(37)28(19-23-10-6-5-7-11-23)34(21-24-12-8-13-25(31)18-24)29(36)14-9-17-35(40(3,38)39)27-20-26(32)16-15-22(27)2/h5-8,10-13,15-16,18,20,28H,4,9,14,17,19,21H2,1-3H3,(H,33,37). The van der Waals surface area contributed by atoms with E-state index in [1.807, 2.05) is 68.4 Å². The van der Waals surface area contributed by atoms with Gasteiger partial charge in [-0.15, -0.1) is 0 Å². The number of carbonyl (C=O) groups excluding carboxylic acids is 2.